The largest absolute Gasteiger partial charge is 0.379 e. The van der Waals surface area contributed by atoms with Crippen LogP contribution >= 0.6 is 12.4 Å². The summed E-state index contributed by atoms with van der Waals surface area (Å²) in [5.41, 5.74) is 7.00. The van der Waals surface area contributed by atoms with Gasteiger partial charge in [0.2, 0.25) is 5.91 Å². The molecule has 1 fully saturated rings. The Kier molecular flexibility index (Phi) is 9.87. The standard InChI is InChI=1S/C17H26N2O3.ClH/c18-16(14-6-2-1-3-7-14)12-17(20)19-9-5-10-21-13-15-8-4-11-22-15;/h1-3,6-7,15-16H,4-5,8-13,18H2,(H,19,20);1H. The minimum Gasteiger partial charge on any atom is -0.379 e. The van der Waals surface area contributed by atoms with Gasteiger partial charge in [0, 0.05) is 32.2 Å². The van der Waals surface area contributed by atoms with Crippen LogP contribution < -0.4 is 11.1 Å². The maximum absolute atomic E-state index is 11.8. The highest BCUT2D eigenvalue weighted by atomic mass is 35.5. The van der Waals surface area contributed by atoms with Crippen LogP contribution in [0.3, 0.4) is 0 Å². The van der Waals surface area contributed by atoms with Crippen molar-refractivity contribution in [3.8, 4) is 0 Å². The Morgan fingerprint density at radius 3 is 2.87 bits per heavy atom. The van der Waals surface area contributed by atoms with Crippen molar-refractivity contribution in [1.29, 1.82) is 0 Å². The van der Waals surface area contributed by atoms with Gasteiger partial charge in [0.25, 0.3) is 0 Å². The Morgan fingerprint density at radius 2 is 2.17 bits per heavy atom. The summed E-state index contributed by atoms with van der Waals surface area (Å²) in [6.45, 7) is 2.77. The Bertz CT molecular complexity index is 439. The van der Waals surface area contributed by atoms with Crippen molar-refractivity contribution in [1.82, 2.24) is 5.32 Å². The lowest BCUT2D eigenvalue weighted by Crippen LogP contribution is -2.29. The van der Waals surface area contributed by atoms with Gasteiger partial charge in [0.1, 0.15) is 0 Å². The molecule has 1 heterocycles. The molecule has 2 atom stereocenters. The summed E-state index contributed by atoms with van der Waals surface area (Å²) >= 11 is 0. The SMILES string of the molecule is Cl.NC(CC(=O)NCCCOCC1CCCO1)c1ccccc1. The van der Waals surface area contributed by atoms with Gasteiger partial charge in [-0.25, -0.2) is 0 Å². The molecule has 23 heavy (non-hydrogen) atoms. The van der Waals surface area contributed by atoms with E-state index in [9.17, 15) is 4.79 Å². The van der Waals surface area contributed by atoms with Crippen molar-refractivity contribution < 1.29 is 14.3 Å². The smallest absolute Gasteiger partial charge is 0.221 e. The molecule has 130 valence electrons. The highest BCUT2D eigenvalue weighted by Gasteiger charge is 2.15. The zero-order chi connectivity index (χ0) is 15.6. The van der Waals surface area contributed by atoms with Gasteiger partial charge in [-0.05, 0) is 24.8 Å². The molecule has 6 heteroatoms. The van der Waals surface area contributed by atoms with E-state index in [-0.39, 0.29) is 30.5 Å². The Morgan fingerprint density at radius 1 is 1.39 bits per heavy atom. The van der Waals surface area contributed by atoms with Crippen molar-refractivity contribution in [2.75, 3.05) is 26.4 Å². The van der Waals surface area contributed by atoms with Crippen LogP contribution in [0.2, 0.25) is 0 Å². The molecule has 2 unspecified atom stereocenters. The quantitative estimate of drug-likeness (QED) is 0.675. The topological polar surface area (TPSA) is 73.6 Å². The molecule has 1 aromatic carbocycles. The van der Waals surface area contributed by atoms with Gasteiger partial charge in [0.05, 0.1) is 12.7 Å². The van der Waals surface area contributed by atoms with Gasteiger partial charge in [-0.15, -0.1) is 12.4 Å². The Balaban J connectivity index is 0.00000264. The highest BCUT2D eigenvalue weighted by molar-refractivity contribution is 5.85. The molecule has 0 aliphatic carbocycles. The number of hydrogen-bond donors (Lipinski definition) is 2. The van der Waals surface area contributed by atoms with E-state index in [1.807, 2.05) is 30.3 Å². The van der Waals surface area contributed by atoms with Crippen LogP contribution in [0.5, 0.6) is 0 Å². The van der Waals surface area contributed by atoms with Crippen LogP contribution in [0.25, 0.3) is 0 Å². The lowest BCUT2D eigenvalue weighted by molar-refractivity contribution is -0.121. The van der Waals surface area contributed by atoms with Crippen molar-refractivity contribution in [2.24, 2.45) is 5.73 Å². The number of ether oxygens (including phenoxy) is 2. The van der Waals surface area contributed by atoms with E-state index in [0.717, 1.165) is 31.4 Å². The Hall–Kier alpha value is -1.14. The summed E-state index contributed by atoms with van der Waals surface area (Å²) < 4.78 is 11.0. The average Bonchev–Trinajstić information content (AvgIpc) is 3.05. The first-order valence-electron chi connectivity index (χ1n) is 8.02. The molecule has 1 aliphatic heterocycles. The van der Waals surface area contributed by atoms with Crippen LogP contribution in [0.1, 0.15) is 37.3 Å². The first-order valence-corrected chi connectivity index (χ1v) is 8.02. The summed E-state index contributed by atoms with van der Waals surface area (Å²) in [5.74, 6) is -0.0181. The predicted molar refractivity (Wildman–Crippen MR) is 92.7 cm³/mol. The number of nitrogens with one attached hydrogen (secondary N) is 1. The minimum absolute atomic E-state index is 0. The van der Waals surface area contributed by atoms with E-state index in [2.05, 4.69) is 5.32 Å². The second kappa shape index (κ2) is 11.4. The number of carbonyl (C=O) groups excluding carboxylic acids is 1. The van der Waals surface area contributed by atoms with Crippen molar-refractivity contribution in [3.05, 3.63) is 35.9 Å². The van der Waals surface area contributed by atoms with Gasteiger partial charge in [-0.3, -0.25) is 4.79 Å². The van der Waals surface area contributed by atoms with Crippen molar-refractivity contribution >= 4 is 18.3 Å². The normalized spacial score (nSPS) is 18.2. The molecule has 1 saturated heterocycles. The van der Waals surface area contributed by atoms with Gasteiger partial charge in [0.15, 0.2) is 0 Å². The number of benzene rings is 1. The third-order valence-corrected chi connectivity index (χ3v) is 3.75. The molecule has 0 aromatic heterocycles. The number of hydrogen-bond acceptors (Lipinski definition) is 4. The Labute approximate surface area is 144 Å². The first kappa shape index (κ1) is 19.9. The summed E-state index contributed by atoms with van der Waals surface area (Å²) in [7, 11) is 0. The van der Waals surface area contributed by atoms with E-state index in [4.69, 9.17) is 15.2 Å². The fourth-order valence-corrected chi connectivity index (χ4v) is 2.48. The third kappa shape index (κ3) is 7.79. The van der Waals surface area contributed by atoms with Gasteiger partial charge >= 0.3 is 0 Å². The van der Waals surface area contributed by atoms with E-state index in [1.165, 1.54) is 0 Å². The maximum Gasteiger partial charge on any atom is 0.221 e. The molecule has 0 spiro atoms. The van der Waals surface area contributed by atoms with E-state index >= 15 is 0 Å². The molecular weight excluding hydrogens is 316 g/mol. The van der Waals surface area contributed by atoms with Crippen LogP contribution in [0.4, 0.5) is 0 Å². The third-order valence-electron chi connectivity index (χ3n) is 3.75. The second-order valence-corrected chi connectivity index (χ2v) is 5.63. The summed E-state index contributed by atoms with van der Waals surface area (Å²) in [6, 6.07) is 9.43. The monoisotopic (exact) mass is 342 g/mol. The van der Waals surface area contributed by atoms with E-state index in [0.29, 0.717) is 26.2 Å². The number of halogens is 1. The van der Waals surface area contributed by atoms with Crippen LogP contribution in [0, 0.1) is 0 Å². The summed E-state index contributed by atoms with van der Waals surface area (Å²) in [4.78, 5) is 11.8. The van der Waals surface area contributed by atoms with Crippen LogP contribution in [0.15, 0.2) is 30.3 Å². The lowest BCUT2D eigenvalue weighted by atomic mass is 10.0. The molecule has 0 saturated carbocycles. The minimum atomic E-state index is -0.253. The highest BCUT2D eigenvalue weighted by Crippen LogP contribution is 2.13. The molecular formula is C17H27ClN2O3. The molecule has 0 bridgehead atoms. The number of carbonyl (C=O) groups is 1. The van der Waals surface area contributed by atoms with E-state index in [1.54, 1.807) is 0 Å². The lowest BCUT2D eigenvalue weighted by Gasteiger charge is -2.12. The predicted octanol–water partition coefficient (Wildman–Crippen LogP) is 2.20. The molecule has 2 rings (SSSR count). The maximum atomic E-state index is 11.8. The van der Waals surface area contributed by atoms with Crippen molar-refractivity contribution in [3.63, 3.8) is 0 Å². The van der Waals surface area contributed by atoms with Gasteiger partial charge < -0.3 is 20.5 Å². The van der Waals surface area contributed by atoms with Gasteiger partial charge in [-0.2, -0.15) is 0 Å². The molecule has 3 N–H and O–H groups in total. The van der Waals surface area contributed by atoms with Crippen LogP contribution in [-0.2, 0) is 14.3 Å². The fourth-order valence-electron chi connectivity index (χ4n) is 2.48. The number of nitrogens with two attached hydrogens (primary N) is 1. The van der Waals surface area contributed by atoms with Crippen molar-refractivity contribution in [2.45, 2.75) is 37.8 Å². The fraction of sp³-hybridized carbons (Fsp3) is 0.588. The summed E-state index contributed by atoms with van der Waals surface area (Å²) in [5, 5.41) is 2.88. The van der Waals surface area contributed by atoms with E-state index < -0.39 is 0 Å². The molecule has 1 aromatic rings. The molecule has 1 amide bonds. The zero-order valence-corrected chi connectivity index (χ0v) is 14.2. The summed E-state index contributed by atoms with van der Waals surface area (Å²) in [6.07, 6.45) is 3.60. The second-order valence-electron chi connectivity index (χ2n) is 5.63. The average molecular weight is 343 g/mol. The first-order chi connectivity index (χ1) is 10.8. The molecule has 5 nitrogen and oxygen atoms in total. The zero-order valence-electron chi connectivity index (χ0n) is 13.4. The molecule has 0 radical (unpaired) electrons. The number of rotatable bonds is 9. The van der Waals surface area contributed by atoms with Crippen LogP contribution in [-0.4, -0.2) is 38.4 Å². The molecule has 1 aliphatic rings. The van der Waals surface area contributed by atoms with Gasteiger partial charge in [-0.1, -0.05) is 30.3 Å². The number of amides is 1.